The molecule has 10 nitrogen and oxygen atoms in total. The van der Waals surface area contributed by atoms with Gasteiger partial charge in [0.2, 0.25) is 17.8 Å². The van der Waals surface area contributed by atoms with Crippen molar-refractivity contribution >= 4 is 56.5 Å². The van der Waals surface area contributed by atoms with E-state index in [1.165, 1.54) is 44.8 Å². The molecular weight excluding hydrogens is 572 g/mol. The van der Waals surface area contributed by atoms with Gasteiger partial charge in [0, 0.05) is 35.4 Å². The lowest BCUT2D eigenvalue weighted by Gasteiger charge is -2.41. The van der Waals surface area contributed by atoms with Crippen LogP contribution in [0.1, 0.15) is 32.1 Å². The van der Waals surface area contributed by atoms with Gasteiger partial charge in [0.1, 0.15) is 12.1 Å². The number of rotatable bonds is 9. The normalized spacial score (nSPS) is 16.3. The van der Waals surface area contributed by atoms with Crippen LogP contribution < -0.4 is 25.6 Å². The highest BCUT2D eigenvalue weighted by molar-refractivity contribution is 9.10. The molecule has 210 valence electrons. The molecule has 1 aromatic heterocycles. The highest BCUT2D eigenvalue weighted by atomic mass is 79.9. The average molecular weight is 608 g/mol. The molecule has 0 saturated carbocycles. The number of piperidine rings is 2. The quantitative estimate of drug-likeness (QED) is 0.264. The van der Waals surface area contributed by atoms with E-state index < -0.39 is 0 Å². The lowest BCUT2D eigenvalue weighted by Crippen LogP contribution is -2.46. The van der Waals surface area contributed by atoms with Crippen LogP contribution in [0.5, 0.6) is 5.75 Å². The number of hydrogen-bond acceptors (Lipinski definition) is 9. The fourth-order valence-electron chi connectivity index (χ4n) is 5.37. The van der Waals surface area contributed by atoms with Gasteiger partial charge >= 0.3 is 0 Å². The minimum atomic E-state index is -0.277. The monoisotopic (exact) mass is 606 g/mol. The summed E-state index contributed by atoms with van der Waals surface area (Å²) in [4.78, 5) is 30.4. The van der Waals surface area contributed by atoms with Crippen molar-refractivity contribution in [3.63, 3.8) is 0 Å². The predicted molar refractivity (Wildman–Crippen MR) is 163 cm³/mol. The molecule has 2 aliphatic rings. The Morgan fingerprint density at radius 2 is 1.77 bits per heavy atom. The van der Waals surface area contributed by atoms with Gasteiger partial charge in [-0.25, -0.2) is 9.97 Å². The number of anilines is 6. The van der Waals surface area contributed by atoms with E-state index in [4.69, 9.17) is 4.74 Å². The van der Waals surface area contributed by atoms with Crippen molar-refractivity contribution in [2.24, 2.45) is 0 Å². The lowest BCUT2D eigenvalue weighted by molar-refractivity contribution is -0.111. The summed E-state index contributed by atoms with van der Waals surface area (Å²) in [6, 6.07) is 12.2. The molecule has 0 spiro atoms. The summed E-state index contributed by atoms with van der Waals surface area (Å²) in [5.74, 6) is 1.07. The standard InChI is InChI=1S/C29H35BrN8O2/c1-3-27(39)34-23-17-24(35-29-32-19-31-28(36-29)33-21-9-7-8-20(30)16-21)26(40-2)18-25(23)38-14-10-22(11-15-38)37-12-5-4-6-13-37/h3,7-9,16-19,22H,1,4-6,10-15H2,2H3,(H,34,39)(H2,31,32,33,35,36). The van der Waals surface area contributed by atoms with Crippen LogP contribution in [0, 0.1) is 0 Å². The first-order valence-corrected chi connectivity index (χ1v) is 14.4. The smallest absolute Gasteiger partial charge is 0.247 e. The van der Waals surface area contributed by atoms with E-state index in [0.717, 1.165) is 41.8 Å². The Hall–Kier alpha value is -3.70. The van der Waals surface area contributed by atoms with Crippen LogP contribution in [0.2, 0.25) is 0 Å². The second kappa shape index (κ2) is 13.1. The van der Waals surface area contributed by atoms with Gasteiger partial charge < -0.3 is 30.5 Å². The number of hydrogen-bond donors (Lipinski definition) is 3. The summed E-state index contributed by atoms with van der Waals surface area (Å²) in [5.41, 5.74) is 3.05. The summed E-state index contributed by atoms with van der Waals surface area (Å²) in [7, 11) is 1.63. The molecule has 11 heteroatoms. The third-order valence-corrected chi connectivity index (χ3v) is 7.87. The molecule has 5 rings (SSSR count). The number of carbonyl (C=O) groups excluding carboxylic acids is 1. The lowest BCUT2D eigenvalue weighted by atomic mass is 9.99. The second-order valence-electron chi connectivity index (χ2n) is 9.97. The van der Waals surface area contributed by atoms with Gasteiger partial charge in [-0.3, -0.25) is 4.79 Å². The molecule has 0 unspecified atom stereocenters. The first-order chi connectivity index (χ1) is 19.5. The van der Waals surface area contributed by atoms with Gasteiger partial charge in [0.15, 0.2) is 0 Å². The number of nitrogens with zero attached hydrogens (tertiary/aromatic N) is 5. The number of benzene rings is 2. The minimum Gasteiger partial charge on any atom is -0.494 e. The number of likely N-dealkylation sites (tertiary alicyclic amines) is 1. The molecule has 40 heavy (non-hydrogen) atoms. The maximum atomic E-state index is 12.4. The molecule has 0 atom stereocenters. The highest BCUT2D eigenvalue weighted by Crippen LogP contribution is 2.39. The number of halogens is 1. The van der Waals surface area contributed by atoms with Gasteiger partial charge in [-0.05, 0) is 69.1 Å². The zero-order chi connectivity index (χ0) is 27.9. The minimum absolute atomic E-state index is 0.277. The number of methoxy groups -OCH3 is 1. The van der Waals surface area contributed by atoms with E-state index in [2.05, 4.69) is 63.2 Å². The topological polar surface area (TPSA) is 108 Å². The number of ether oxygens (including phenoxy) is 1. The summed E-state index contributed by atoms with van der Waals surface area (Å²) in [5, 5.41) is 9.40. The Labute approximate surface area is 243 Å². The van der Waals surface area contributed by atoms with Crippen LogP contribution in [0.4, 0.5) is 34.6 Å². The molecule has 0 bridgehead atoms. The van der Waals surface area contributed by atoms with E-state index >= 15 is 0 Å². The number of aromatic nitrogens is 3. The molecular formula is C29H35BrN8O2. The number of amides is 1. The summed E-state index contributed by atoms with van der Waals surface area (Å²) < 4.78 is 6.71. The van der Waals surface area contributed by atoms with Crippen molar-refractivity contribution in [3.8, 4) is 5.75 Å². The van der Waals surface area contributed by atoms with Crippen molar-refractivity contribution < 1.29 is 9.53 Å². The molecule has 2 fully saturated rings. The fourth-order valence-corrected chi connectivity index (χ4v) is 5.77. The molecule has 3 aromatic rings. The van der Waals surface area contributed by atoms with Gasteiger partial charge in [-0.15, -0.1) is 0 Å². The van der Waals surface area contributed by atoms with Crippen molar-refractivity contribution in [2.45, 2.75) is 38.1 Å². The second-order valence-corrected chi connectivity index (χ2v) is 10.9. The number of nitrogens with one attached hydrogen (secondary N) is 3. The maximum Gasteiger partial charge on any atom is 0.247 e. The van der Waals surface area contributed by atoms with Gasteiger partial charge in [0.05, 0.1) is 24.2 Å². The summed E-state index contributed by atoms with van der Waals surface area (Å²) >= 11 is 3.47. The largest absolute Gasteiger partial charge is 0.494 e. The van der Waals surface area contributed by atoms with Crippen molar-refractivity contribution in [3.05, 3.63) is 59.9 Å². The summed E-state index contributed by atoms with van der Waals surface area (Å²) in [6.07, 6.45) is 8.83. The Bertz CT molecular complexity index is 1340. The molecule has 0 radical (unpaired) electrons. The van der Waals surface area contributed by atoms with Crippen LogP contribution >= 0.6 is 15.9 Å². The van der Waals surface area contributed by atoms with Gasteiger partial charge in [0.25, 0.3) is 0 Å². The Balaban J connectivity index is 1.37. The molecule has 2 saturated heterocycles. The Morgan fingerprint density at radius 3 is 2.48 bits per heavy atom. The SMILES string of the molecule is C=CC(=O)Nc1cc(Nc2ncnc(Nc3cccc(Br)c3)n2)c(OC)cc1N1CCC(N2CCCCC2)CC1. The van der Waals surface area contributed by atoms with Crippen molar-refractivity contribution in [1.82, 2.24) is 19.9 Å². The summed E-state index contributed by atoms with van der Waals surface area (Å²) in [6.45, 7) is 7.85. The van der Waals surface area contributed by atoms with E-state index in [9.17, 15) is 4.79 Å². The third-order valence-electron chi connectivity index (χ3n) is 7.37. The van der Waals surface area contributed by atoms with E-state index in [1.54, 1.807) is 7.11 Å². The van der Waals surface area contributed by atoms with E-state index in [1.807, 2.05) is 36.4 Å². The van der Waals surface area contributed by atoms with Crippen LogP contribution in [0.3, 0.4) is 0 Å². The average Bonchev–Trinajstić information content (AvgIpc) is 2.98. The zero-order valence-corrected chi connectivity index (χ0v) is 24.3. The van der Waals surface area contributed by atoms with Gasteiger partial charge in [-0.2, -0.15) is 4.98 Å². The third kappa shape index (κ3) is 6.89. The molecule has 2 aromatic carbocycles. The molecule has 3 heterocycles. The molecule has 3 N–H and O–H groups in total. The van der Waals surface area contributed by atoms with E-state index in [0.29, 0.717) is 35.1 Å². The van der Waals surface area contributed by atoms with Crippen LogP contribution in [0.25, 0.3) is 0 Å². The van der Waals surface area contributed by atoms with Crippen LogP contribution in [-0.2, 0) is 4.79 Å². The Kier molecular flexibility index (Phi) is 9.12. The van der Waals surface area contributed by atoms with Crippen molar-refractivity contribution in [2.75, 3.05) is 54.1 Å². The first-order valence-electron chi connectivity index (χ1n) is 13.7. The first kappa shape index (κ1) is 27.9. The van der Waals surface area contributed by atoms with E-state index in [-0.39, 0.29) is 5.91 Å². The van der Waals surface area contributed by atoms with Crippen LogP contribution in [0.15, 0.2) is 59.9 Å². The number of carbonyl (C=O) groups is 1. The molecule has 0 aliphatic carbocycles. The van der Waals surface area contributed by atoms with Crippen LogP contribution in [-0.4, -0.2) is 65.1 Å². The molecule has 2 aliphatic heterocycles. The van der Waals surface area contributed by atoms with Crippen molar-refractivity contribution in [1.29, 1.82) is 0 Å². The highest BCUT2D eigenvalue weighted by Gasteiger charge is 2.27. The maximum absolute atomic E-state index is 12.4. The molecule has 1 amide bonds. The fraction of sp³-hybridized carbons (Fsp3) is 0.379. The predicted octanol–water partition coefficient (Wildman–Crippen LogP) is 5.71. The Morgan fingerprint density at radius 1 is 1.02 bits per heavy atom. The van der Waals surface area contributed by atoms with Gasteiger partial charge in [-0.1, -0.05) is 35.0 Å². The zero-order valence-electron chi connectivity index (χ0n) is 22.7.